The largest absolute Gasteiger partial charge is 0.271 e. The van der Waals surface area contributed by atoms with Crippen molar-refractivity contribution in [1.82, 2.24) is 20.2 Å². The molecule has 0 saturated carbocycles. The smallest absolute Gasteiger partial charge is 0.267 e. The van der Waals surface area contributed by atoms with Crippen molar-refractivity contribution in [2.45, 2.75) is 13.8 Å². The maximum Gasteiger partial charge on any atom is 0.271 e. The monoisotopic (exact) mass is 319 g/mol. The lowest BCUT2D eigenvalue weighted by Crippen LogP contribution is -2.19. The zero-order valence-corrected chi connectivity index (χ0v) is 13.5. The Labute approximate surface area is 139 Å². The number of nitrogens with zero attached hydrogens (tertiary/aromatic N) is 4. The molecule has 0 radical (unpaired) electrons. The summed E-state index contributed by atoms with van der Waals surface area (Å²) in [5.41, 5.74) is 6.82. The molecular weight excluding hydrogens is 302 g/mol. The van der Waals surface area contributed by atoms with Crippen LogP contribution in [-0.2, 0) is 0 Å². The van der Waals surface area contributed by atoms with E-state index in [0.717, 1.165) is 22.5 Å². The van der Waals surface area contributed by atoms with Gasteiger partial charge in [-0.05, 0) is 43.7 Å². The molecule has 1 aromatic heterocycles. The fourth-order valence-corrected chi connectivity index (χ4v) is 2.17. The first-order valence-electron chi connectivity index (χ1n) is 7.50. The minimum absolute atomic E-state index is 0.228. The van der Waals surface area contributed by atoms with Crippen LogP contribution in [0.2, 0.25) is 0 Å². The Kier molecular flexibility index (Phi) is 4.47. The van der Waals surface area contributed by atoms with Crippen LogP contribution in [0, 0.1) is 6.92 Å². The van der Waals surface area contributed by atoms with E-state index in [1.807, 2.05) is 50.2 Å². The van der Waals surface area contributed by atoms with Crippen LogP contribution in [0.15, 0.2) is 66.3 Å². The number of aromatic nitrogens is 3. The molecule has 0 aliphatic heterocycles. The van der Waals surface area contributed by atoms with Crippen molar-refractivity contribution < 1.29 is 4.79 Å². The van der Waals surface area contributed by atoms with Gasteiger partial charge in [0.05, 0.1) is 11.4 Å². The van der Waals surface area contributed by atoms with Crippen LogP contribution in [0.3, 0.4) is 0 Å². The van der Waals surface area contributed by atoms with Crippen LogP contribution in [0.25, 0.3) is 5.69 Å². The maximum absolute atomic E-state index is 12.1. The van der Waals surface area contributed by atoms with Crippen molar-refractivity contribution in [2.24, 2.45) is 5.10 Å². The molecule has 6 heteroatoms. The first-order chi connectivity index (χ1) is 11.6. The molecule has 0 atom stereocenters. The quantitative estimate of drug-likeness (QED) is 0.593. The highest BCUT2D eigenvalue weighted by Crippen LogP contribution is 2.09. The summed E-state index contributed by atoms with van der Waals surface area (Å²) in [6, 6.07) is 15.0. The van der Waals surface area contributed by atoms with Crippen LogP contribution in [-0.4, -0.2) is 26.4 Å². The predicted molar refractivity (Wildman–Crippen MR) is 92.2 cm³/mol. The number of hydrazone groups is 1. The van der Waals surface area contributed by atoms with Gasteiger partial charge in [-0.15, -0.1) is 0 Å². The molecule has 24 heavy (non-hydrogen) atoms. The predicted octanol–water partition coefficient (Wildman–Crippen LogP) is 2.73. The number of hydrogen-bond acceptors (Lipinski definition) is 4. The lowest BCUT2D eigenvalue weighted by molar-refractivity contribution is 0.0955. The number of hydrogen-bond donors (Lipinski definition) is 1. The fourth-order valence-electron chi connectivity index (χ4n) is 2.17. The average molecular weight is 319 g/mol. The van der Waals surface area contributed by atoms with E-state index in [2.05, 4.69) is 20.6 Å². The van der Waals surface area contributed by atoms with Gasteiger partial charge in [0.1, 0.15) is 12.7 Å². The summed E-state index contributed by atoms with van der Waals surface area (Å²) in [4.78, 5) is 16.0. The SMILES string of the molecule is C/C(=N\NC(=O)c1ccc(C)cc1)c1ccc(-n2cncn2)cc1. The Balaban J connectivity index is 1.69. The van der Waals surface area contributed by atoms with Crippen LogP contribution < -0.4 is 5.43 Å². The van der Waals surface area contributed by atoms with Crippen molar-refractivity contribution in [3.8, 4) is 5.69 Å². The van der Waals surface area contributed by atoms with Gasteiger partial charge in [-0.25, -0.2) is 15.1 Å². The van der Waals surface area contributed by atoms with Crippen LogP contribution in [0.1, 0.15) is 28.4 Å². The van der Waals surface area contributed by atoms with Gasteiger partial charge in [-0.1, -0.05) is 29.8 Å². The van der Waals surface area contributed by atoms with E-state index in [1.165, 1.54) is 6.33 Å². The van der Waals surface area contributed by atoms with Crippen molar-refractivity contribution >= 4 is 11.6 Å². The molecular formula is C18H17N5O. The van der Waals surface area contributed by atoms with Gasteiger partial charge in [-0.2, -0.15) is 10.2 Å². The summed E-state index contributed by atoms with van der Waals surface area (Å²) in [7, 11) is 0. The van der Waals surface area contributed by atoms with E-state index < -0.39 is 0 Å². The van der Waals surface area contributed by atoms with Gasteiger partial charge in [0, 0.05) is 5.56 Å². The Morgan fingerprint density at radius 1 is 1.04 bits per heavy atom. The average Bonchev–Trinajstić information content (AvgIpc) is 3.15. The van der Waals surface area contributed by atoms with Gasteiger partial charge in [0.2, 0.25) is 0 Å². The second-order valence-corrected chi connectivity index (χ2v) is 5.39. The Morgan fingerprint density at radius 2 is 1.71 bits per heavy atom. The Bertz CT molecular complexity index is 849. The van der Waals surface area contributed by atoms with E-state index in [9.17, 15) is 4.79 Å². The number of aryl methyl sites for hydroxylation is 1. The molecule has 1 heterocycles. The van der Waals surface area contributed by atoms with Crippen molar-refractivity contribution in [1.29, 1.82) is 0 Å². The molecule has 120 valence electrons. The highest BCUT2D eigenvalue weighted by atomic mass is 16.2. The molecule has 0 unspecified atom stereocenters. The molecule has 2 aromatic carbocycles. The minimum atomic E-state index is -0.228. The third-order valence-electron chi connectivity index (χ3n) is 3.61. The summed E-state index contributed by atoms with van der Waals surface area (Å²) >= 11 is 0. The molecule has 0 aliphatic rings. The molecule has 6 nitrogen and oxygen atoms in total. The molecule has 0 saturated heterocycles. The lowest BCUT2D eigenvalue weighted by Gasteiger charge is -2.05. The number of rotatable bonds is 4. The molecule has 0 spiro atoms. The normalized spacial score (nSPS) is 11.3. The maximum atomic E-state index is 12.1. The van der Waals surface area contributed by atoms with E-state index in [4.69, 9.17) is 0 Å². The summed E-state index contributed by atoms with van der Waals surface area (Å²) in [6.07, 6.45) is 3.12. The van der Waals surface area contributed by atoms with E-state index in [-0.39, 0.29) is 5.91 Å². The van der Waals surface area contributed by atoms with Crippen LogP contribution in [0.4, 0.5) is 0 Å². The van der Waals surface area contributed by atoms with Crippen LogP contribution >= 0.6 is 0 Å². The molecule has 3 aromatic rings. The van der Waals surface area contributed by atoms with E-state index in [0.29, 0.717) is 5.56 Å². The third-order valence-corrected chi connectivity index (χ3v) is 3.61. The highest BCUT2D eigenvalue weighted by Gasteiger charge is 2.05. The Hall–Kier alpha value is -3.28. The summed E-state index contributed by atoms with van der Waals surface area (Å²) in [5, 5.41) is 8.25. The molecule has 1 amide bonds. The summed E-state index contributed by atoms with van der Waals surface area (Å²) < 4.78 is 1.68. The number of carbonyl (C=O) groups excluding carboxylic acids is 1. The topological polar surface area (TPSA) is 72.2 Å². The number of benzene rings is 2. The third kappa shape index (κ3) is 3.55. The summed E-state index contributed by atoms with van der Waals surface area (Å²) in [6.45, 7) is 3.83. The fraction of sp³-hybridized carbons (Fsp3) is 0.111. The molecule has 0 bridgehead atoms. The standard InChI is InChI=1S/C18H17N5O/c1-13-3-5-16(6-4-13)18(24)22-21-14(2)15-7-9-17(10-8-15)23-12-19-11-20-23/h3-12H,1-2H3,(H,22,24)/b21-14+. The first kappa shape index (κ1) is 15.6. The van der Waals surface area contributed by atoms with Gasteiger partial charge in [-0.3, -0.25) is 4.79 Å². The van der Waals surface area contributed by atoms with Crippen molar-refractivity contribution in [3.63, 3.8) is 0 Å². The minimum Gasteiger partial charge on any atom is -0.267 e. The molecule has 3 rings (SSSR count). The lowest BCUT2D eigenvalue weighted by atomic mass is 10.1. The molecule has 0 aliphatic carbocycles. The number of amides is 1. The number of carbonyl (C=O) groups is 1. The van der Waals surface area contributed by atoms with Gasteiger partial charge < -0.3 is 0 Å². The zero-order chi connectivity index (χ0) is 16.9. The van der Waals surface area contributed by atoms with E-state index >= 15 is 0 Å². The van der Waals surface area contributed by atoms with Gasteiger partial charge in [0.15, 0.2) is 0 Å². The Morgan fingerprint density at radius 3 is 2.33 bits per heavy atom. The summed E-state index contributed by atoms with van der Waals surface area (Å²) in [5.74, 6) is -0.228. The van der Waals surface area contributed by atoms with E-state index in [1.54, 1.807) is 23.1 Å². The van der Waals surface area contributed by atoms with Crippen LogP contribution in [0.5, 0.6) is 0 Å². The second kappa shape index (κ2) is 6.87. The van der Waals surface area contributed by atoms with Gasteiger partial charge in [0.25, 0.3) is 5.91 Å². The molecule has 0 fully saturated rings. The van der Waals surface area contributed by atoms with Crippen molar-refractivity contribution in [2.75, 3.05) is 0 Å². The van der Waals surface area contributed by atoms with Gasteiger partial charge >= 0.3 is 0 Å². The second-order valence-electron chi connectivity index (χ2n) is 5.39. The van der Waals surface area contributed by atoms with Crippen molar-refractivity contribution in [3.05, 3.63) is 77.9 Å². The first-order valence-corrected chi connectivity index (χ1v) is 7.50. The highest BCUT2D eigenvalue weighted by molar-refractivity contribution is 6.00. The zero-order valence-electron chi connectivity index (χ0n) is 13.5. The number of nitrogens with one attached hydrogen (secondary N) is 1. The molecule has 1 N–H and O–H groups in total.